The van der Waals surface area contributed by atoms with Crippen LogP contribution < -0.4 is 10.6 Å². The molecule has 0 saturated heterocycles. The summed E-state index contributed by atoms with van der Waals surface area (Å²) in [6, 6.07) is 1.75. The summed E-state index contributed by atoms with van der Waals surface area (Å²) in [6.45, 7) is 2.91. The van der Waals surface area contributed by atoms with Crippen molar-refractivity contribution in [3.8, 4) is 0 Å². The molecule has 13 heavy (non-hydrogen) atoms. The van der Waals surface area contributed by atoms with Crippen molar-refractivity contribution in [2.75, 3.05) is 18.5 Å². The van der Waals surface area contributed by atoms with Crippen molar-refractivity contribution < 1.29 is 0 Å². The van der Waals surface area contributed by atoms with Crippen LogP contribution >= 0.6 is 0 Å². The van der Waals surface area contributed by atoms with Gasteiger partial charge in [-0.3, -0.25) is 10.4 Å². The molecule has 3 N–H and O–H groups in total. The molecule has 0 aliphatic carbocycles. The Bertz CT molecular complexity index is 308. The van der Waals surface area contributed by atoms with E-state index in [0.717, 1.165) is 17.8 Å². The van der Waals surface area contributed by atoms with Crippen LogP contribution in [0.5, 0.6) is 0 Å². The maximum absolute atomic E-state index is 7.37. The monoisotopic (exact) mass is 178 g/mol. The predicted molar refractivity (Wildman–Crippen MR) is 54.2 cm³/mol. The largest absolute Gasteiger partial charge is 0.384 e. The summed E-state index contributed by atoms with van der Waals surface area (Å²) in [7, 11) is 1.95. The number of nitrogens with zero attached hydrogens (tertiary/aromatic N) is 2. The second-order valence-electron chi connectivity index (χ2n) is 2.82. The van der Waals surface area contributed by atoms with Gasteiger partial charge in [-0.2, -0.15) is 0 Å². The molecule has 0 aromatic carbocycles. The van der Waals surface area contributed by atoms with Gasteiger partial charge in [-0.25, -0.2) is 0 Å². The van der Waals surface area contributed by atoms with Crippen molar-refractivity contribution in [2.45, 2.75) is 6.92 Å². The Morgan fingerprint density at radius 3 is 2.92 bits per heavy atom. The number of amidine groups is 1. The molecule has 4 heteroatoms. The van der Waals surface area contributed by atoms with Gasteiger partial charge in [-0.1, -0.05) is 0 Å². The molecular formula is C9H14N4. The molecule has 70 valence electrons. The Hall–Kier alpha value is -1.58. The van der Waals surface area contributed by atoms with Gasteiger partial charge in [0.25, 0.3) is 0 Å². The third-order valence-corrected chi connectivity index (χ3v) is 1.98. The van der Waals surface area contributed by atoms with E-state index in [-0.39, 0.29) is 5.84 Å². The average Bonchev–Trinajstić information content (AvgIpc) is 2.16. The SMILES string of the molecule is CCN(C)c1cnccc1C(=N)N. The summed E-state index contributed by atoms with van der Waals surface area (Å²) in [4.78, 5) is 6.01. The first-order valence-electron chi connectivity index (χ1n) is 4.16. The van der Waals surface area contributed by atoms with Gasteiger partial charge in [-0.05, 0) is 13.0 Å². The van der Waals surface area contributed by atoms with Crippen molar-refractivity contribution in [3.63, 3.8) is 0 Å². The highest BCUT2D eigenvalue weighted by Gasteiger charge is 2.07. The van der Waals surface area contributed by atoms with E-state index in [1.165, 1.54) is 0 Å². The molecule has 0 bridgehead atoms. The third kappa shape index (κ3) is 1.96. The summed E-state index contributed by atoms with van der Waals surface area (Å²) < 4.78 is 0. The van der Waals surface area contributed by atoms with E-state index < -0.39 is 0 Å². The van der Waals surface area contributed by atoms with Crippen LogP contribution in [0.2, 0.25) is 0 Å². The zero-order valence-electron chi connectivity index (χ0n) is 7.91. The average molecular weight is 178 g/mol. The third-order valence-electron chi connectivity index (χ3n) is 1.98. The fourth-order valence-corrected chi connectivity index (χ4v) is 1.09. The molecule has 0 saturated carbocycles. The van der Waals surface area contributed by atoms with Gasteiger partial charge in [0.1, 0.15) is 5.84 Å². The molecule has 0 aliphatic heterocycles. The first-order valence-corrected chi connectivity index (χ1v) is 4.16. The summed E-state index contributed by atoms with van der Waals surface area (Å²) >= 11 is 0. The first kappa shape index (κ1) is 9.51. The minimum atomic E-state index is 0.0812. The zero-order valence-corrected chi connectivity index (χ0v) is 7.91. The highest BCUT2D eigenvalue weighted by atomic mass is 15.1. The number of anilines is 1. The van der Waals surface area contributed by atoms with Crippen LogP contribution in [0.4, 0.5) is 5.69 Å². The van der Waals surface area contributed by atoms with E-state index in [1.807, 2.05) is 18.9 Å². The van der Waals surface area contributed by atoms with Gasteiger partial charge in [0, 0.05) is 25.4 Å². The molecule has 0 unspecified atom stereocenters. The lowest BCUT2D eigenvalue weighted by atomic mass is 10.2. The van der Waals surface area contributed by atoms with Gasteiger partial charge in [0.2, 0.25) is 0 Å². The smallest absolute Gasteiger partial charge is 0.125 e. The maximum Gasteiger partial charge on any atom is 0.125 e. The Morgan fingerprint density at radius 2 is 2.38 bits per heavy atom. The molecule has 4 nitrogen and oxygen atoms in total. The van der Waals surface area contributed by atoms with E-state index in [9.17, 15) is 0 Å². The van der Waals surface area contributed by atoms with E-state index in [2.05, 4.69) is 4.98 Å². The molecule has 1 aromatic rings. The van der Waals surface area contributed by atoms with Crippen LogP contribution in [0.15, 0.2) is 18.5 Å². The Kier molecular flexibility index (Phi) is 2.84. The number of aromatic nitrogens is 1. The number of hydrogen-bond acceptors (Lipinski definition) is 3. The summed E-state index contributed by atoms with van der Waals surface area (Å²) in [6.07, 6.45) is 3.37. The molecule has 0 fully saturated rings. The lowest BCUT2D eigenvalue weighted by Crippen LogP contribution is -2.22. The van der Waals surface area contributed by atoms with Crippen LogP contribution in [0.25, 0.3) is 0 Å². The minimum Gasteiger partial charge on any atom is -0.384 e. The Balaban J connectivity index is 3.11. The molecule has 1 rings (SSSR count). The molecule has 0 amide bonds. The fourth-order valence-electron chi connectivity index (χ4n) is 1.09. The van der Waals surface area contributed by atoms with Crippen molar-refractivity contribution in [1.29, 1.82) is 5.41 Å². The minimum absolute atomic E-state index is 0.0812. The van der Waals surface area contributed by atoms with Crippen LogP contribution in [-0.2, 0) is 0 Å². The number of rotatable bonds is 3. The number of nitrogens with one attached hydrogen (secondary N) is 1. The number of hydrogen-bond donors (Lipinski definition) is 2. The summed E-state index contributed by atoms with van der Waals surface area (Å²) in [5, 5.41) is 7.37. The van der Waals surface area contributed by atoms with Crippen LogP contribution in [0, 0.1) is 5.41 Å². The van der Waals surface area contributed by atoms with E-state index in [4.69, 9.17) is 11.1 Å². The lowest BCUT2D eigenvalue weighted by Gasteiger charge is -2.19. The molecule has 0 spiro atoms. The van der Waals surface area contributed by atoms with Crippen LogP contribution in [0.1, 0.15) is 12.5 Å². The summed E-state index contributed by atoms with van der Waals surface area (Å²) in [5.41, 5.74) is 7.07. The predicted octanol–water partition coefficient (Wildman–Crippen LogP) is 0.822. The quantitative estimate of drug-likeness (QED) is 0.532. The highest BCUT2D eigenvalue weighted by Crippen LogP contribution is 2.16. The lowest BCUT2D eigenvalue weighted by molar-refractivity contribution is 0.959. The molecular weight excluding hydrogens is 164 g/mol. The van der Waals surface area contributed by atoms with Gasteiger partial charge in [-0.15, -0.1) is 0 Å². The van der Waals surface area contributed by atoms with Crippen molar-refractivity contribution in [1.82, 2.24) is 4.98 Å². The van der Waals surface area contributed by atoms with Crippen LogP contribution in [-0.4, -0.2) is 24.4 Å². The second-order valence-corrected chi connectivity index (χ2v) is 2.82. The highest BCUT2D eigenvalue weighted by molar-refractivity contribution is 6.00. The molecule has 0 aliphatic rings. The second kappa shape index (κ2) is 3.89. The molecule has 1 aromatic heterocycles. The van der Waals surface area contributed by atoms with Crippen molar-refractivity contribution in [3.05, 3.63) is 24.0 Å². The topological polar surface area (TPSA) is 66.0 Å². The van der Waals surface area contributed by atoms with Crippen LogP contribution in [0.3, 0.4) is 0 Å². The molecule has 0 atom stereocenters. The standard InChI is InChI=1S/C9H14N4/c1-3-13(2)8-6-12-5-4-7(8)9(10)11/h4-6H,3H2,1-2H3,(H3,10,11). The number of pyridine rings is 1. The zero-order chi connectivity index (χ0) is 9.84. The maximum atomic E-state index is 7.37. The Labute approximate surface area is 77.9 Å². The molecule has 0 radical (unpaired) electrons. The number of nitrogens with two attached hydrogens (primary N) is 1. The first-order chi connectivity index (χ1) is 6.16. The van der Waals surface area contributed by atoms with E-state index in [1.54, 1.807) is 18.5 Å². The van der Waals surface area contributed by atoms with Gasteiger partial charge < -0.3 is 10.6 Å². The molecule has 1 heterocycles. The fraction of sp³-hybridized carbons (Fsp3) is 0.333. The van der Waals surface area contributed by atoms with Gasteiger partial charge >= 0.3 is 0 Å². The van der Waals surface area contributed by atoms with Gasteiger partial charge in [0.05, 0.1) is 11.9 Å². The van der Waals surface area contributed by atoms with Gasteiger partial charge in [0.15, 0.2) is 0 Å². The van der Waals surface area contributed by atoms with Crippen molar-refractivity contribution >= 4 is 11.5 Å². The van der Waals surface area contributed by atoms with E-state index in [0.29, 0.717) is 0 Å². The summed E-state index contributed by atoms with van der Waals surface area (Å²) in [5.74, 6) is 0.0812. The van der Waals surface area contributed by atoms with E-state index >= 15 is 0 Å². The van der Waals surface area contributed by atoms with Crippen molar-refractivity contribution in [2.24, 2.45) is 5.73 Å². The number of nitrogen functional groups attached to an aromatic ring is 1. The normalized spacial score (nSPS) is 9.69. The Morgan fingerprint density at radius 1 is 1.69 bits per heavy atom.